The van der Waals surface area contributed by atoms with Crippen molar-refractivity contribution in [2.45, 2.75) is 0 Å². The number of hydrogen-bond donors (Lipinski definition) is 1. The average Bonchev–Trinajstić information content (AvgIpc) is 2.79. The quantitative estimate of drug-likeness (QED) is 0.837. The van der Waals surface area contributed by atoms with Gasteiger partial charge in [-0.3, -0.25) is 9.79 Å². The van der Waals surface area contributed by atoms with Crippen LogP contribution in [-0.2, 0) is 4.79 Å². The summed E-state index contributed by atoms with van der Waals surface area (Å²) in [7, 11) is 3.10. The molecule has 0 saturated heterocycles. The first kappa shape index (κ1) is 18.3. The molecule has 0 radical (unpaired) electrons. The summed E-state index contributed by atoms with van der Waals surface area (Å²) < 4.78 is 10.7. The number of nitrogens with one attached hydrogen (secondary N) is 1. The summed E-state index contributed by atoms with van der Waals surface area (Å²) in [5.74, 6) is 0.885. The minimum atomic E-state index is -0.198. The average molecular weight is 391 g/mol. The lowest BCUT2D eigenvalue weighted by molar-refractivity contribution is -0.114. The fraction of sp³-hybridized carbons (Fsp3) is 0.158. The number of ether oxygens (including phenoxy) is 2. The van der Waals surface area contributed by atoms with E-state index in [0.717, 1.165) is 11.1 Å². The minimum Gasteiger partial charge on any atom is -0.493 e. The van der Waals surface area contributed by atoms with Gasteiger partial charge in [-0.15, -0.1) is 0 Å². The number of amides is 1. The summed E-state index contributed by atoms with van der Waals surface area (Å²) in [5, 5.41) is 3.80. The number of allylic oxidation sites excluding steroid dienone is 1. The number of halogens is 2. The van der Waals surface area contributed by atoms with Crippen molar-refractivity contribution in [3.63, 3.8) is 0 Å². The van der Waals surface area contributed by atoms with E-state index in [1.807, 2.05) is 18.2 Å². The van der Waals surface area contributed by atoms with Crippen LogP contribution in [-0.4, -0.2) is 32.4 Å². The molecule has 0 fully saturated rings. The smallest absolute Gasteiger partial charge is 0.246 e. The highest BCUT2D eigenvalue weighted by atomic mass is 35.5. The number of anilines is 1. The SMILES string of the molecule is COc1cc2c(cc1OC)C(/C=C/c1ccc(Cl)c(Cl)c1)=NCC(=O)N2. The molecule has 0 aliphatic carbocycles. The molecular formula is C19H16Cl2N2O3. The number of rotatable bonds is 4. The molecule has 3 rings (SSSR count). The zero-order valence-corrected chi connectivity index (χ0v) is 15.7. The number of carbonyl (C=O) groups excluding carboxylic acids is 1. The predicted octanol–water partition coefficient (Wildman–Crippen LogP) is 4.47. The Morgan fingerprint density at radius 2 is 1.77 bits per heavy atom. The first-order valence-corrected chi connectivity index (χ1v) is 8.51. The number of hydrogen-bond acceptors (Lipinski definition) is 4. The van der Waals surface area contributed by atoms with Gasteiger partial charge < -0.3 is 14.8 Å². The minimum absolute atomic E-state index is 0.0281. The van der Waals surface area contributed by atoms with E-state index in [4.69, 9.17) is 32.7 Å². The van der Waals surface area contributed by atoms with Crippen LogP contribution < -0.4 is 14.8 Å². The number of benzodiazepines with no additional fused rings is 1. The molecule has 1 aliphatic heterocycles. The number of fused-ring (bicyclic) bond motifs is 1. The van der Waals surface area contributed by atoms with Gasteiger partial charge in [0.15, 0.2) is 11.5 Å². The molecule has 1 heterocycles. The topological polar surface area (TPSA) is 59.9 Å². The number of benzene rings is 2. The van der Waals surface area contributed by atoms with Crippen LogP contribution >= 0.6 is 23.2 Å². The summed E-state index contributed by atoms with van der Waals surface area (Å²) in [6, 6.07) is 8.85. The highest BCUT2D eigenvalue weighted by Crippen LogP contribution is 2.35. The Balaban J connectivity index is 2.03. The fourth-order valence-electron chi connectivity index (χ4n) is 2.56. The second-order valence-electron chi connectivity index (χ2n) is 5.51. The van der Waals surface area contributed by atoms with Gasteiger partial charge in [-0.1, -0.05) is 35.3 Å². The molecule has 0 saturated carbocycles. The molecule has 0 aromatic heterocycles. The molecule has 0 spiro atoms. The van der Waals surface area contributed by atoms with E-state index in [-0.39, 0.29) is 12.5 Å². The van der Waals surface area contributed by atoms with Crippen LogP contribution in [0.2, 0.25) is 10.0 Å². The molecule has 1 aliphatic rings. The normalized spacial score (nSPS) is 13.7. The summed E-state index contributed by atoms with van der Waals surface area (Å²) >= 11 is 12.0. The zero-order valence-electron chi connectivity index (χ0n) is 14.2. The lowest BCUT2D eigenvalue weighted by Gasteiger charge is -2.13. The molecule has 134 valence electrons. The third kappa shape index (κ3) is 3.84. The molecule has 7 heteroatoms. The zero-order chi connectivity index (χ0) is 18.7. The Morgan fingerprint density at radius 1 is 1.04 bits per heavy atom. The fourth-order valence-corrected chi connectivity index (χ4v) is 2.87. The van der Waals surface area contributed by atoms with Crippen molar-refractivity contribution in [3.05, 3.63) is 57.6 Å². The Morgan fingerprint density at radius 3 is 2.46 bits per heavy atom. The van der Waals surface area contributed by atoms with Crippen LogP contribution in [0.25, 0.3) is 6.08 Å². The van der Waals surface area contributed by atoms with Crippen molar-refractivity contribution in [2.24, 2.45) is 4.99 Å². The summed E-state index contributed by atoms with van der Waals surface area (Å²) in [4.78, 5) is 16.3. The van der Waals surface area contributed by atoms with Gasteiger partial charge in [0.1, 0.15) is 6.54 Å². The number of nitrogens with zero attached hydrogens (tertiary/aromatic N) is 1. The molecule has 26 heavy (non-hydrogen) atoms. The van der Waals surface area contributed by atoms with Gasteiger partial charge in [0, 0.05) is 11.6 Å². The standard InChI is InChI=1S/C19H16Cl2N2O3/c1-25-17-8-12-15(6-4-11-3-5-13(20)14(21)7-11)22-10-19(24)23-16(12)9-18(17)26-2/h3-9H,10H2,1-2H3,(H,23,24)/b6-4+. The number of carbonyl (C=O) groups is 1. The van der Waals surface area contributed by atoms with Crippen molar-refractivity contribution in [1.82, 2.24) is 0 Å². The van der Waals surface area contributed by atoms with Crippen LogP contribution in [0.5, 0.6) is 11.5 Å². The highest BCUT2D eigenvalue weighted by molar-refractivity contribution is 6.42. The van der Waals surface area contributed by atoms with Crippen LogP contribution in [0.15, 0.2) is 41.4 Å². The maximum absolute atomic E-state index is 12.0. The first-order valence-electron chi connectivity index (χ1n) is 7.75. The van der Waals surface area contributed by atoms with E-state index < -0.39 is 0 Å². The van der Waals surface area contributed by atoms with Crippen LogP contribution in [0, 0.1) is 0 Å². The van der Waals surface area contributed by atoms with Gasteiger partial charge >= 0.3 is 0 Å². The largest absolute Gasteiger partial charge is 0.493 e. The molecular weight excluding hydrogens is 375 g/mol. The second-order valence-corrected chi connectivity index (χ2v) is 6.32. The monoisotopic (exact) mass is 390 g/mol. The van der Waals surface area contributed by atoms with Gasteiger partial charge in [0.25, 0.3) is 0 Å². The van der Waals surface area contributed by atoms with Gasteiger partial charge in [0.05, 0.1) is 35.7 Å². The van der Waals surface area contributed by atoms with E-state index in [9.17, 15) is 4.79 Å². The molecule has 1 amide bonds. The molecule has 1 N–H and O–H groups in total. The summed E-state index contributed by atoms with van der Waals surface area (Å²) in [6.07, 6.45) is 3.68. The van der Waals surface area contributed by atoms with Crippen LogP contribution in [0.4, 0.5) is 5.69 Å². The van der Waals surface area contributed by atoms with Crippen molar-refractivity contribution in [2.75, 3.05) is 26.1 Å². The first-order chi connectivity index (χ1) is 12.5. The van der Waals surface area contributed by atoms with E-state index >= 15 is 0 Å². The van der Waals surface area contributed by atoms with Gasteiger partial charge in [0.2, 0.25) is 5.91 Å². The summed E-state index contributed by atoms with van der Waals surface area (Å²) in [6.45, 7) is 0.0281. The third-order valence-electron chi connectivity index (χ3n) is 3.84. The van der Waals surface area contributed by atoms with Gasteiger partial charge in [-0.2, -0.15) is 0 Å². The maximum Gasteiger partial charge on any atom is 0.246 e. The number of methoxy groups -OCH3 is 2. The molecule has 0 atom stereocenters. The Bertz CT molecular complexity index is 923. The van der Waals surface area contributed by atoms with E-state index in [2.05, 4.69) is 10.3 Å². The molecule has 5 nitrogen and oxygen atoms in total. The lowest BCUT2D eigenvalue weighted by Crippen LogP contribution is -2.13. The summed E-state index contributed by atoms with van der Waals surface area (Å²) in [5.41, 5.74) is 2.87. The maximum atomic E-state index is 12.0. The van der Waals surface area contributed by atoms with Crippen molar-refractivity contribution in [1.29, 1.82) is 0 Å². The highest BCUT2D eigenvalue weighted by Gasteiger charge is 2.19. The van der Waals surface area contributed by atoms with Crippen molar-refractivity contribution < 1.29 is 14.3 Å². The van der Waals surface area contributed by atoms with E-state index in [0.29, 0.717) is 32.9 Å². The van der Waals surface area contributed by atoms with Gasteiger partial charge in [-0.05, 0) is 29.8 Å². The molecule has 0 bridgehead atoms. The lowest BCUT2D eigenvalue weighted by atomic mass is 10.0. The van der Waals surface area contributed by atoms with Gasteiger partial charge in [-0.25, -0.2) is 0 Å². The third-order valence-corrected chi connectivity index (χ3v) is 4.58. The van der Waals surface area contributed by atoms with E-state index in [1.54, 1.807) is 38.5 Å². The Kier molecular flexibility index (Phi) is 5.49. The van der Waals surface area contributed by atoms with Crippen LogP contribution in [0.1, 0.15) is 11.1 Å². The van der Waals surface area contributed by atoms with Crippen molar-refractivity contribution in [3.8, 4) is 11.5 Å². The Labute approximate surface area is 161 Å². The number of aliphatic imine (C=N–C) groups is 1. The van der Waals surface area contributed by atoms with Crippen molar-refractivity contribution >= 4 is 46.6 Å². The molecule has 2 aromatic rings. The van der Waals surface area contributed by atoms with E-state index in [1.165, 1.54) is 0 Å². The molecule has 0 unspecified atom stereocenters. The van der Waals surface area contributed by atoms with Crippen LogP contribution in [0.3, 0.4) is 0 Å². The second kappa shape index (κ2) is 7.81. The predicted molar refractivity (Wildman–Crippen MR) is 105 cm³/mol. The Hall–Kier alpha value is -2.50. The molecule has 2 aromatic carbocycles.